The SMILES string of the molecule is CC(NS(=O)(=O)c1ccc(S(C)(=O)=O)cc1)c1ccccc1F. The molecule has 5 nitrogen and oxygen atoms in total. The Labute approximate surface area is 135 Å². The molecule has 2 aromatic carbocycles. The van der Waals surface area contributed by atoms with Gasteiger partial charge in [-0.1, -0.05) is 18.2 Å². The van der Waals surface area contributed by atoms with E-state index in [4.69, 9.17) is 0 Å². The van der Waals surface area contributed by atoms with Crippen molar-refractivity contribution < 1.29 is 21.2 Å². The Morgan fingerprint density at radius 2 is 1.43 bits per heavy atom. The van der Waals surface area contributed by atoms with Crippen LogP contribution in [0.5, 0.6) is 0 Å². The predicted molar refractivity (Wildman–Crippen MR) is 84.7 cm³/mol. The number of halogens is 1. The fourth-order valence-electron chi connectivity index (χ4n) is 2.06. The largest absolute Gasteiger partial charge is 0.241 e. The zero-order chi connectivity index (χ0) is 17.3. The first kappa shape index (κ1) is 17.6. The highest BCUT2D eigenvalue weighted by molar-refractivity contribution is 7.90. The molecule has 124 valence electrons. The summed E-state index contributed by atoms with van der Waals surface area (Å²) in [4.78, 5) is -0.0632. The molecule has 0 radical (unpaired) electrons. The van der Waals surface area contributed by atoms with Crippen molar-refractivity contribution in [3.63, 3.8) is 0 Å². The second-order valence-electron chi connectivity index (χ2n) is 5.11. The van der Waals surface area contributed by atoms with Crippen LogP contribution in [0.2, 0.25) is 0 Å². The maximum atomic E-state index is 13.7. The van der Waals surface area contributed by atoms with E-state index in [2.05, 4.69) is 4.72 Å². The Hall–Kier alpha value is -1.77. The van der Waals surface area contributed by atoms with Gasteiger partial charge in [-0.3, -0.25) is 0 Å². The van der Waals surface area contributed by atoms with Gasteiger partial charge in [-0.05, 0) is 37.3 Å². The Balaban J connectivity index is 2.27. The highest BCUT2D eigenvalue weighted by Crippen LogP contribution is 2.20. The van der Waals surface area contributed by atoms with Crippen LogP contribution in [0.25, 0.3) is 0 Å². The second-order valence-corrected chi connectivity index (χ2v) is 8.84. The third-order valence-electron chi connectivity index (χ3n) is 3.27. The number of hydrogen-bond acceptors (Lipinski definition) is 4. The lowest BCUT2D eigenvalue weighted by Crippen LogP contribution is -2.27. The van der Waals surface area contributed by atoms with Gasteiger partial charge >= 0.3 is 0 Å². The summed E-state index contributed by atoms with van der Waals surface area (Å²) in [6.07, 6.45) is 1.04. The molecule has 0 amide bonds. The van der Waals surface area contributed by atoms with E-state index in [-0.39, 0.29) is 15.4 Å². The van der Waals surface area contributed by atoms with Crippen LogP contribution in [0.15, 0.2) is 58.3 Å². The van der Waals surface area contributed by atoms with Gasteiger partial charge in [0, 0.05) is 17.9 Å². The molecule has 1 atom stereocenters. The molecule has 0 aliphatic heterocycles. The molecular formula is C15H16FNO4S2. The molecule has 1 N–H and O–H groups in total. The van der Waals surface area contributed by atoms with Crippen LogP contribution in [-0.4, -0.2) is 23.1 Å². The molecule has 0 aliphatic carbocycles. The minimum Gasteiger partial charge on any atom is -0.224 e. The molecule has 0 saturated carbocycles. The van der Waals surface area contributed by atoms with Gasteiger partial charge in [0.2, 0.25) is 10.0 Å². The van der Waals surface area contributed by atoms with E-state index >= 15 is 0 Å². The van der Waals surface area contributed by atoms with E-state index in [9.17, 15) is 21.2 Å². The van der Waals surface area contributed by atoms with E-state index in [0.717, 1.165) is 6.26 Å². The van der Waals surface area contributed by atoms with Crippen LogP contribution < -0.4 is 4.72 Å². The Kier molecular flexibility index (Phi) is 4.88. The van der Waals surface area contributed by atoms with Crippen LogP contribution in [0.4, 0.5) is 4.39 Å². The molecule has 0 saturated heterocycles. The van der Waals surface area contributed by atoms with Crippen LogP contribution in [-0.2, 0) is 19.9 Å². The Morgan fingerprint density at radius 3 is 1.96 bits per heavy atom. The molecule has 0 bridgehead atoms. The quantitative estimate of drug-likeness (QED) is 0.890. The molecule has 1 unspecified atom stereocenters. The van der Waals surface area contributed by atoms with Crippen LogP contribution in [0, 0.1) is 5.82 Å². The van der Waals surface area contributed by atoms with Gasteiger partial charge < -0.3 is 0 Å². The summed E-state index contributed by atoms with van der Waals surface area (Å²) in [6, 6.07) is 9.95. The first-order valence-corrected chi connectivity index (χ1v) is 10.1. The summed E-state index contributed by atoms with van der Waals surface area (Å²) in [5, 5.41) is 0. The lowest BCUT2D eigenvalue weighted by molar-refractivity contribution is 0.550. The van der Waals surface area contributed by atoms with Gasteiger partial charge in [-0.15, -0.1) is 0 Å². The third kappa shape index (κ3) is 4.15. The van der Waals surface area contributed by atoms with Crippen LogP contribution in [0.1, 0.15) is 18.5 Å². The molecule has 23 heavy (non-hydrogen) atoms. The maximum absolute atomic E-state index is 13.7. The summed E-state index contributed by atoms with van der Waals surface area (Å²) in [6.45, 7) is 1.53. The number of hydrogen-bond donors (Lipinski definition) is 1. The van der Waals surface area contributed by atoms with Gasteiger partial charge in [0.05, 0.1) is 9.79 Å². The van der Waals surface area contributed by atoms with E-state index in [1.165, 1.54) is 49.4 Å². The van der Waals surface area contributed by atoms with Crippen molar-refractivity contribution in [2.45, 2.75) is 22.8 Å². The third-order valence-corrected chi connectivity index (χ3v) is 5.95. The predicted octanol–water partition coefficient (Wildman–Crippen LogP) is 2.27. The van der Waals surface area contributed by atoms with Gasteiger partial charge in [0.1, 0.15) is 5.82 Å². The van der Waals surface area contributed by atoms with E-state index in [1.807, 2.05) is 0 Å². The van der Waals surface area contributed by atoms with Crippen molar-refractivity contribution in [2.24, 2.45) is 0 Å². The summed E-state index contributed by atoms with van der Waals surface area (Å²) in [5.41, 5.74) is 0.226. The standard InChI is InChI=1S/C15H16FNO4S2/c1-11(14-5-3-4-6-15(14)16)17-23(20,21)13-9-7-12(8-10-13)22(2,18)19/h3-11,17H,1-2H3. The number of benzene rings is 2. The smallest absolute Gasteiger partial charge is 0.224 e. The molecular weight excluding hydrogens is 341 g/mol. The summed E-state index contributed by atoms with van der Waals surface area (Å²) < 4.78 is 63.5. The molecule has 0 aromatic heterocycles. The Bertz CT molecular complexity index is 907. The summed E-state index contributed by atoms with van der Waals surface area (Å²) in [7, 11) is -7.30. The van der Waals surface area contributed by atoms with Crippen molar-refractivity contribution in [3.05, 3.63) is 59.9 Å². The number of sulfonamides is 1. The van der Waals surface area contributed by atoms with Crippen molar-refractivity contribution >= 4 is 19.9 Å². The van der Waals surface area contributed by atoms with E-state index < -0.39 is 31.7 Å². The monoisotopic (exact) mass is 357 g/mol. The minimum absolute atomic E-state index is 0.0265. The number of rotatable bonds is 5. The molecule has 2 aromatic rings. The van der Waals surface area contributed by atoms with Gasteiger partial charge in [0.25, 0.3) is 0 Å². The lowest BCUT2D eigenvalue weighted by Gasteiger charge is -2.15. The highest BCUT2D eigenvalue weighted by atomic mass is 32.2. The average Bonchev–Trinajstić information content (AvgIpc) is 2.46. The molecule has 0 heterocycles. The maximum Gasteiger partial charge on any atom is 0.241 e. The topological polar surface area (TPSA) is 80.3 Å². The number of sulfone groups is 1. The second kappa shape index (κ2) is 6.38. The lowest BCUT2D eigenvalue weighted by atomic mass is 10.1. The summed E-state index contributed by atoms with van der Waals surface area (Å²) in [5.74, 6) is -0.505. The molecule has 0 spiro atoms. The fraction of sp³-hybridized carbons (Fsp3) is 0.200. The zero-order valence-electron chi connectivity index (χ0n) is 12.5. The van der Waals surface area contributed by atoms with E-state index in [0.29, 0.717) is 0 Å². The van der Waals surface area contributed by atoms with Crippen LogP contribution in [0.3, 0.4) is 0 Å². The molecule has 8 heteroatoms. The first-order valence-electron chi connectivity index (χ1n) is 6.68. The number of nitrogens with one attached hydrogen (secondary N) is 1. The normalized spacial score (nSPS) is 13.7. The van der Waals surface area contributed by atoms with Crippen molar-refractivity contribution in [2.75, 3.05) is 6.26 Å². The van der Waals surface area contributed by atoms with Crippen molar-refractivity contribution in [3.8, 4) is 0 Å². The Morgan fingerprint density at radius 1 is 0.913 bits per heavy atom. The van der Waals surface area contributed by atoms with Gasteiger partial charge in [-0.25, -0.2) is 25.9 Å². The molecule has 0 aliphatic rings. The van der Waals surface area contributed by atoms with Gasteiger partial charge in [-0.2, -0.15) is 0 Å². The van der Waals surface area contributed by atoms with Crippen molar-refractivity contribution in [1.29, 1.82) is 0 Å². The fourth-order valence-corrected chi connectivity index (χ4v) is 3.91. The summed E-state index contributed by atoms with van der Waals surface area (Å²) >= 11 is 0. The molecule has 0 fully saturated rings. The van der Waals surface area contributed by atoms with Gasteiger partial charge in [0.15, 0.2) is 9.84 Å². The highest BCUT2D eigenvalue weighted by Gasteiger charge is 2.20. The van der Waals surface area contributed by atoms with E-state index in [1.54, 1.807) is 6.07 Å². The van der Waals surface area contributed by atoms with Crippen LogP contribution >= 0.6 is 0 Å². The minimum atomic E-state index is -3.90. The zero-order valence-corrected chi connectivity index (χ0v) is 14.2. The average molecular weight is 357 g/mol. The first-order chi connectivity index (χ1) is 10.6. The van der Waals surface area contributed by atoms with Crippen molar-refractivity contribution in [1.82, 2.24) is 4.72 Å². The molecule has 2 rings (SSSR count).